The number of carbonyl (C=O) groups excluding carboxylic acids is 1. The van der Waals surface area contributed by atoms with Gasteiger partial charge in [0, 0.05) is 29.2 Å². The van der Waals surface area contributed by atoms with E-state index in [-0.39, 0.29) is 11.7 Å². The third kappa shape index (κ3) is 2.37. The van der Waals surface area contributed by atoms with Crippen LogP contribution in [0.5, 0.6) is 11.5 Å². The minimum atomic E-state index is -0.144. The van der Waals surface area contributed by atoms with Gasteiger partial charge in [-0.2, -0.15) is 0 Å². The Bertz CT molecular complexity index is 781. The zero-order valence-electron chi connectivity index (χ0n) is 12.3. The number of carbonyl (C=O) groups is 1. The Morgan fingerprint density at radius 3 is 2.82 bits per heavy atom. The minimum absolute atomic E-state index is 0.0401. The highest BCUT2D eigenvalue weighted by Gasteiger charge is 2.25. The average molecular weight is 296 g/mol. The van der Waals surface area contributed by atoms with Crippen LogP contribution >= 0.6 is 0 Å². The molecule has 0 aliphatic carbocycles. The van der Waals surface area contributed by atoms with Crippen molar-refractivity contribution in [2.75, 3.05) is 17.7 Å². The van der Waals surface area contributed by atoms with Crippen LogP contribution in [0.3, 0.4) is 0 Å². The van der Waals surface area contributed by atoms with Crippen LogP contribution in [0.1, 0.15) is 11.1 Å². The number of hydrogen-bond donors (Lipinski definition) is 3. The number of phenolic OH excluding ortho intramolecular Hbond substituents is 1. The highest BCUT2D eigenvalue weighted by molar-refractivity contribution is 6.32. The molecular formula is C17H16N2O3. The number of ether oxygens (including phenoxy) is 1. The molecule has 0 saturated carbocycles. The largest absolute Gasteiger partial charge is 0.504 e. The van der Waals surface area contributed by atoms with Crippen LogP contribution in [0.15, 0.2) is 42.6 Å². The first kappa shape index (κ1) is 14.0. The first-order valence-electron chi connectivity index (χ1n) is 6.85. The molecule has 1 heterocycles. The predicted octanol–water partition coefficient (Wildman–Crippen LogP) is 3.11. The van der Waals surface area contributed by atoms with Crippen molar-refractivity contribution in [2.45, 2.75) is 6.92 Å². The summed E-state index contributed by atoms with van der Waals surface area (Å²) in [7, 11) is 1.49. The summed E-state index contributed by atoms with van der Waals surface area (Å²) in [6.07, 6.45) is 1.65. The topological polar surface area (TPSA) is 70.6 Å². The Labute approximate surface area is 128 Å². The van der Waals surface area contributed by atoms with E-state index in [1.165, 1.54) is 7.11 Å². The number of amides is 1. The Kier molecular flexibility index (Phi) is 3.47. The molecule has 3 rings (SSSR count). The molecule has 1 aliphatic rings. The molecule has 0 atom stereocenters. The monoisotopic (exact) mass is 296 g/mol. The van der Waals surface area contributed by atoms with Gasteiger partial charge in [-0.3, -0.25) is 4.79 Å². The summed E-state index contributed by atoms with van der Waals surface area (Å²) in [4.78, 5) is 12.1. The number of aryl methyl sites for hydroxylation is 1. The first-order valence-corrected chi connectivity index (χ1v) is 6.85. The lowest BCUT2D eigenvalue weighted by Crippen LogP contribution is -2.05. The molecule has 1 amide bonds. The minimum Gasteiger partial charge on any atom is -0.504 e. The Morgan fingerprint density at radius 1 is 1.27 bits per heavy atom. The number of benzene rings is 2. The molecule has 5 heteroatoms. The first-order chi connectivity index (χ1) is 10.6. The zero-order valence-corrected chi connectivity index (χ0v) is 12.3. The summed E-state index contributed by atoms with van der Waals surface area (Å²) in [5.74, 6) is 0.297. The SMILES string of the molecule is COc1ccc(N/C=C2/C(=O)Nc3cccc(C)c32)cc1O. The van der Waals surface area contributed by atoms with Crippen LogP contribution in [0.25, 0.3) is 5.57 Å². The molecule has 0 saturated heterocycles. The third-order valence-electron chi connectivity index (χ3n) is 3.60. The summed E-state index contributed by atoms with van der Waals surface area (Å²) >= 11 is 0. The number of aromatic hydroxyl groups is 1. The molecule has 112 valence electrons. The normalized spacial score (nSPS) is 14.6. The smallest absolute Gasteiger partial charge is 0.257 e. The maximum atomic E-state index is 12.1. The average Bonchev–Trinajstić information content (AvgIpc) is 2.82. The highest BCUT2D eigenvalue weighted by Crippen LogP contribution is 2.34. The maximum absolute atomic E-state index is 12.1. The molecule has 2 aromatic rings. The van der Waals surface area contributed by atoms with Gasteiger partial charge in [0.2, 0.25) is 0 Å². The van der Waals surface area contributed by atoms with E-state index in [9.17, 15) is 9.90 Å². The van der Waals surface area contributed by atoms with E-state index in [1.807, 2.05) is 25.1 Å². The van der Waals surface area contributed by atoms with Gasteiger partial charge in [-0.15, -0.1) is 0 Å². The van der Waals surface area contributed by atoms with Gasteiger partial charge in [0.05, 0.1) is 12.7 Å². The summed E-state index contributed by atoms with van der Waals surface area (Å²) in [5, 5.41) is 15.6. The maximum Gasteiger partial charge on any atom is 0.257 e. The summed E-state index contributed by atoms with van der Waals surface area (Å²) in [6.45, 7) is 1.96. The molecule has 3 N–H and O–H groups in total. The predicted molar refractivity (Wildman–Crippen MR) is 86.1 cm³/mol. The molecular weight excluding hydrogens is 280 g/mol. The molecule has 1 aliphatic heterocycles. The van der Waals surface area contributed by atoms with Crippen LogP contribution in [-0.4, -0.2) is 18.1 Å². The van der Waals surface area contributed by atoms with E-state index >= 15 is 0 Å². The summed E-state index contributed by atoms with van der Waals surface area (Å²) in [6, 6.07) is 10.7. The fourth-order valence-electron chi connectivity index (χ4n) is 2.51. The van der Waals surface area contributed by atoms with Crippen molar-refractivity contribution < 1.29 is 14.6 Å². The number of methoxy groups -OCH3 is 1. The zero-order chi connectivity index (χ0) is 15.7. The summed E-state index contributed by atoms with van der Waals surface area (Å²) < 4.78 is 5.00. The standard InChI is InChI=1S/C17H16N2O3/c1-10-4-3-5-13-16(10)12(17(21)19-13)9-18-11-6-7-15(22-2)14(20)8-11/h3-9,18,20H,1-2H3,(H,19,21)/b12-9+. The Morgan fingerprint density at radius 2 is 2.09 bits per heavy atom. The quantitative estimate of drug-likeness (QED) is 0.761. The van der Waals surface area contributed by atoms with Gasteiger partial charge in [0.25, 0.3) is 5.91 Å². The number of phenols is 1. The Balaban J connectivity index is 1.91. The van der Waals surface area contributed by atoms with E-state index in [0.29, 0.717) is 17.0 Å². The molecule has 5 nitrogen and oxygen atoms in total. The molecule has 0 fully saturated rings. The van der Waals surface area contributed by atoms with Crippen LogP contribution in [-0.2, 0) is 4.79 Å². The van der Waals surface area contributed by atoms with E-state index in [1.54, 1.807) is 24.4 Å². The van der Waals surface area contributed by atoms with Crippen molar-refractivity contribution >= 4 is 22.9 Å². The molecule has 0 aromatic heterocycles. The lowest BCUT2D eigenvalue weighted by Gasteiger charge is -2.07. The van der Waals surface area contributed by atoms with Gasteiger partial charge in [0.1, 0.15) is 0 Å². The van der Waals surface area contributed by atoms with E-state index < -0.39 is 0 Å². The van der Waals surface area contributed by atoms with Crippen LogP contribution < -0.4 is 15.4 Å². The second kappa shape index (κ2) is 5.44. The third-order valence-corrected chi connectivity index (χ3v) is 3.60. The van der Waals surface area contributed by atoms with Crippen molar-refractivity contribution in [1.82, 2.24) is 0 Å². The van der Waals surface area contributed by atoms with E-state index in [4.69, 9.17) is 4.74 Å². The molecule has 0 bridgehead atoms. The van der Waals surface area contributed by atoms with Crippen LogP contribution in [0.4, 0.5) is 11.4 Å². The summed E-state index contributed by atoms with van der Waals surface area (Å²) in [5.41, 5.74) is 3.99. The van der Waals surface area contributed by atoms with Crippen molar-refractivity contribution in [2.24, 2.45) is 0 Å². The fourth-order valence-corrected chi connectivity index (χ4v) is 2.51. The van der Waals surface area contributed by atoms with Crippen molar-refractivity contribution in [1.29, 1.82) is 0 Å². The molecule has 2 aromatic carbocycles. The number of hydrogen-bond acceptors (Lipinski definition) is 4. The van der Waals surface area contributed by atoms with Crippen LogP contribution in [0.2, 0.25) is 0 Å². The van der Waals surface area contributed by atoms with E-state index in [0.717, 1.165) is 16.8 Å². The fraction of sp³-hybridized carbons (Fsp3) is 0.118. The van der Waals surface area contributed by atoms with E-state index in [2.05, 4.69) is 10.6 Å². The van der Waals surface area contributed by atoms with Crippen LogP contribution in [0, 0.1) is 6.92 Å². The number of anilines is 2. The van der Waals surface area contributed by atoms with Gasteiger partial charge >= 0.3 is 0 Å². The van der Waals surface area contributed by atoms with Gasteiger partial charge in [-0.25, -0.2) is 0 Å². The lowest BCUT2D eigenvalue weighted by molar-refractivity contribution is -0.110. The lowest BCUT2D eigenvalue weighted by atomic mass is 10.0. The Hall–Kier alpha value is -2.95. The second-order valence-corrected chi connectivity index (χ2v) is 5.04. The number of rotatable bonds is 3. The highest BCUT2D eigenvalue weighted by atomic mass is 16.5. The van der Waals surface area contributed by atoms with Crippen molar-refractivity contribution in [3.05, 3.63) is 53.7 Å². The van der Waals surface area contributed by atoms with Gasteiger partial charge < -0.3 is 20.5 Å². The molecule has 22 heavy (non-hydrogen) atoms. The van der Waals surface area contributed by atoms with Gasteiger partial charge in [0.15, 0.2) is 11.5 Å². The van der Waals surface area contributed by atoms with Gasteiger partial charge in [-0.05, 0) is 30.7 Å². The second-order valence-electron chi connectivity index (χ2n) is 5.04. The van der Waals surface area contributed by atoms with Gasteiger partial charge in [-0.1, -0.05) is 12.1 Å². The van der Waals surface area contributed by atoms with Crippen molar-refractivity contribution in [3.63, 3.8) is 0 Å². The number of fused-ring (bicyclic) bond motifs is 1. The number of nitrogens with one attached hydrogen (secondary N) is 2. The molecule has 0 spiro atoms. The van der Waals surface area contributed by atoms with Crippen molar-refractivity contribution in [3.8, 4) is 11.5 Å². The molecule has 0 radical (unpaired) electrons. The molecule has 0 unspecified atom stereocenters.